The fourth-order valence-electron chi connectivity index (χ4n) is 5.65. The van der Waals surface area contributed by atoms with Crippen LogP contribution < -0.4 is 4.90 Å². The van der Waals surface area contributed by atoms with Gasteiger partial charge in [0.15, 0.2) is 6.04 Å². The van der Waals surface area contributed by atoms with E-state index < -0.39 is 41.1 Å². The molecule has 3 amide bonds. The van der Waals surface area contributed by atoms with Gasteiger partial charge in [-0.2, -0.15) is 0 Å². The van der Waals surface area contributed by atoms with E-state index in [2.05, 4.69) is 15.9 Å². The number of imide groups is 1. The molecule has 1 unspecified atom stereocenters. The number of ether oxygens (including phenoxy) is 2. The highest BCUT2D eigenvalue weighted by Crippen LogP contribution is 2.60. The average Bonchev–Trinajstić information content (AvgIpc) is 3.41. The summed E-state index contributed by atoms with van der Waals surface area (Å²) in [5.74, 6) is -1.66. The average molecular weight is 556 g/mol. The van der Waals surface area contributed by atoms with E-state index in [-0.39, 0.29) is 12.3 Å². The molecule has 3 heterocycles. The van der Waals surface area contributed by atoms with Crippen molar-refractivity contribution in [2.75, 3.05) is 18.6 Å². The summed E-state index contributed by atoms with van der Waals surface area (Å²) >= 11 is 3.50. The van der Waals surface area contributed by atoms with Crippen LogP contribution in [0.5, 0.6) is 0 Å². The van der Waals surface area contributed by atoms with Crippen molar-refractivity contribution in [3.8, 4) is 0 Å². The summed E-state index contributed by atoms with van der Waals surface area (Å²) in [4.78, 5) is 55.6. The lowest BCUT2D eigenvalue weighted by Crippen LogP contribution is -2.57. The van der Waals surface area contributed by atoms with Gasteiger partial charge in [0.05, 0.1) is 18.8 Å². The number of benzene rings is 2. The molecule has 2 fully saturated rings. The molecule has 0 saturated carbocycles. The summed E-state index contributed by atoms with van der Waals surface area (Å²) in [6.07, 6.45) is -0.651. The Morgan fingerprint density at radius 3 is 2.47 bits per heavy atom. The Hall–Kier alpha value is -3.24. The summed E-state index contributed by atoms with van der Waals surface area (Å²) < 4.78 is 11.5. The number of para-hydroxylation sites is 1. The molecule has 5 rings (SSSR count). The first-order valence-corrected chi connectivity index (χ1v) is 12.4. The van der Waals surface area contributed by atoms with Crippen LogP contribution in [0.3, 0.4) is 0 Å². The monoisotopic (exact) mass is 555 g/mol. The highest BCUT2D eigenvalue weighted by molar-refractivity contribution is 9.10. The number of methoxy groups -OCH3 is 1. The molecule has 0 radical (unpaired) electrons. The minimum Gasteiger partial charge on any atom is -0.467 e. The number of hydrogen-bond donors (Lipinski definition) is 0. The predicted molar refractivity (Wildman–Crippen MR) is 133 cm³/mol. The van der Waals surface area contributed by atoms with Crippen molar-refractivity contribution >= 4 is 45.5 Å². The smallest absolute Gasteiger partial charge is 0.421 e. The van der Waals surface area contributed by atoms with E-state index in [1.54, 1.807) is 50.0 Å². The fraction of sp³-hybridized carbons (Fsp3) is 0.385. The van der Waals surface area contributed by atoms with E-state index in [1.165, 1.54) is 12.1 Å². The van der Waals surface area contributed by atoms with Gasteiger partial charge < -0.3 is 9.47 Å². The molecule has 10 heteroatoms. The molecular formula is C26H26BrN3O6. The number of nitrogens with zero attached hydrogens (tertiary/aromatic N) is 3. The molecule has 9 nitrogen and oxygen atoms in total. The third-order valence-corrected chi connectivity index (χ3v) is 7.30. The third kappa shape index (κ3) is 3.38. The molecule has 2 saturated heterocycles. The van der Waals surface area contributed by atoms with Gasteiger partial charge in [-0.3, -0.25) is 14.6 Å². The van der Waals surface area contributed by atoms with Crippen molar-refractivity contribution in [1.82, 2.24) is 10.0 Å². The first-order chi connectivity index (χ1) is 17.0. The first kappa shape index (κ1) is 24.5. The second-order valence-electron chi connectivity index (χ2n) is 10.0. The second kappa shape index (κ2) is 8.41. The van der Waals surface area contributed by atoms with Gasteiger partial charge in [0.1, 0.15) is 11.0 Å². The van der Waals surface area contributed by atoms with Crippen molar-refractivity contribution in [2.24, 2.45) is 0 Å². The maximum absolute atomic E-state index is 14.6. The largest absolute Gasteiger partial charge is 0.467 e. The molecule has 3 aliphatic rings. The molecule has 1 spiro atoms. The highest BCUT2D eigenvalue weighted by atomic mass is 79.9. The standard InChI is InChI=1S/C26H26BrN3O6/c1-25(2,3)36-24(34)29-18-11-6-5-10-17(18)26(23(29)33)20(15-8-7-9-16(27)14-15)28-13-12-19(31)30(28)21(26)22(32)35-4/h5-11,14,20-21H,12-13H2,1-4H3/t20-,21+,26?/m0/s1. The van der Waals surface area contributed by atoms with Crippen LogP contribution in [0.2, 0.25) is 0 Å². The minimum atomic E-state index is -1.64. The third-order valence-electron chi connectivity index (χ3n) is 6.80. The summed E-state index contributed by atoms with van der Waals surface area (Å²) in [6.45, 7) is 5.45. The molecule has 0 aromatic heterocycles. The minimum absolute atomic E-state index is 0.194. The maximum atomic E-state index is 14.6. The molecule has 3 atom stereocenters. The van der Waals surface area contributed by atoms with Crippen LogP contribution in [-0.4, -0.2) is 59.2 Å². The number of amides is 3. The SMILES string of the molecule is COC(=O)[C@H]1N2C(=O)CCN2[C@@H](c2cccc(Br)c2)C12C(=O)N(C(=O)OC(C)(C)C)c1ccccc12. The van der Waals surface area contributed by atoms with Gasteiger partial charge in [0, 0.05) is 17.4 Å². The molecule has 0 bridgehead atoms. The lowest BCUT2D eigenvalue weighted by atomic mass is 9.68. The fourth-order valence-corrected chi connectivity index (χ4v) is 6.07. The van der Waals surface area contributed by atoms with E-state index in [0.29, 0.717) is 23.4 Å². The topological polar surface area (TPSA) is 96.5 Å². The van der Waals surface area contributed by atoms with Gasteiger partial charge in [-0.25, -0.2) is 19.5 Å². The second-order valence-corrected chi connectivity index (χ2v) is 11.0. The zero-order valence-corrected chi connectivity index (χ0v) is 21.9. The molecule has 0 aliphatic carbocycles. The van der Waals surface area contributed by atoms with Crippen molar-refractivity contribution in [1.29, 1.82) is 0 Å². The van der Waals surface area contributed by atoms with E-state index in [1.807, 2.05) is 24.3 Å². The number of anilines is 1. The molecule has 2 aromatic rings. The van der Waals surface area contributed by atoms with Crippen molar-refractivity contribution in [2.45, 2.75) is 50.3 Å². The zero-order chi connectivity index (χ0) is 26.0. The van der Waals surface area contributed by atoms with Crippen molar-refractivity contribution in [3.05, 3.63) is 64.1 Å². The lowest BCUT2D eigenvalue weighted by molar-refractivity contribution is -0.158. The van der Waals surface area contributed by atoms with E-state index in [0.717, 1.165) is 9.37 Å². The van der Waals surface area contributed by atoms with Gasteiger partial charge in [-0.15, -0.1) is 0 Å². The number of fused-ring (bicyclic) bond motifs is 3. The Morgan fingerprint density at radius 2 is 1.81 bits per heavy atom. The zero-order valence-electron chi connectivity index (χ0n) is 20.4. The van der Waals surface area contributed by atoms with Crippen LogP contribution in [0.1, 0.15) is 44.4 Å². The maximum Gasteiger partial charge on any atom is 0.421 e. The Labute approximate surface area is 217 Å². The highest BCUT2D eigenvalue weighted by Gasteiger charge is 2.74. The van der Waals surface area contributed by atoms with Crippen LogP contribution in [0.25, 0.3) is 0 Å². The Kier molecular flexibility index (Phi) is 5.72. The molecular weight excluding hydrogens is 530 g/mol. The number of rotatable bonds is 2. The van der Waals surface area contributed by atoms with E-state index in [9.17, 15) is 19.2 Å². The number of esters is 1. The summed E-state index contributed by atoms with van der Waals surface area (Å²) in [6, 6.07) is 12.2. The molecule has 188 valence electrons. The Morgan fingerprint density at radius 1 is 1.08 bits per heavy atom. The van der Waals surface area contributed by atoms with E-state index >= 15 is 0 Å². The molecule has 2 aromatic carbocycles. The number of halogens is 1. The predicted octanol–water partition coefficient (Wildman–Crippen LogP) is 3.71. The number of hydrazine groups is 1. The Balaban J connectivity index is 1.81. The summed E-state index contributed by atoms with van der Waals surface area (Å²) in [7, 11) is 1.23. The van der Waals surface area contributed by atoms with Crippen LogP contribution >= 0.6 is 15.9 Å². The number of carbonyl (C=O) groups is 4. The van der Waals surface area contributed by atoms with Crippen LogP contribution in [0, 0.1) is 0 Å². The molecule has 3 aliphatic heterocycles. The number of carbonyl (C=O) groups excluding carboxylic acids is 4. The van der Waals surface area contributed by atoms with Gasteiger partial charge in [-0.05, 0) is 50.1 Å². The number of hydrogen-bond acceptors (Lipinski definition) is 7. The van der Waals surface area contributed by atoms with Gasteiger partial charge in [0.25, 0.3) is 5.91 Å². The van der Waals surface area contributed by atoms with Crippen LogP contribution in [0.4, 0.5) is 10.5 Å². The van der Waals surface area contributed by atoms with E-state index in [4.69, 9.17) is 9.47 Å². The van der Waals surface area contributed by atoms with Crippen LogP contribution in [-0.2, 0) is 29.3 Å². The van der Waals surface area contributed by atoms with Crippen molar-refractivity contribution in [3.63, 3.8) is 0 Å². The lowest BCUT2D eigenvalue weighted by Gasteiger charge is -2.34. The summed E-state index contributed by atoms with van der Waals surface area (Å²) in [5, 5.41) is 3.11. The normalized spacial score (nSPS) is 25.4. The molecule has 36 heavy (non-hydrogen) atoms. The van der Waals surface area contributed by atoms with Gasteiger partial charge in [0.2, 0.25) is 5.91 Å². The van der Waals surface area contributed by atoms with Crippen molar-refractivity contribution < 1.29 is 28.7 Å². The molecule has 0 N–H and O–H groups in total. The first-order valence-electron chi connectivity index (χ1n) is 11.6. The van der Waals surface area contributed by atoms with Crippen LogP contribution in [0.15, 0.2) is 53.0 Å². The van der Waals surface area contributed by atoms with Gasteiger partial charge >= 0.3 is 12.1 Å². The van der Waals surface area contributed by atoms with Gasteiger partial charge in [-0.1, -0.05) is 46.3 Å². The Bertz CT molecular complexity index is 1290. The quantitative estimate of drug-likeness (QED) is 0.521. The summed E-state index contributed by atoms with van der Waals surface area (Å²) in [5.41, 5.74) is -1.01.